The fourth-order valence-electron chi connectivity index (χ4n) is 0.661. The van der Waals surface area contributed by atoms with Crippen LogP contribution in [0.3, 0.4) is 0 Å². The van der Waals surface area contributed by atoms with Gasteiger partial charge in [-0.25, -0.2) is 5.84 Å². The molecule has 0 atom stereocenters. The molecule has 0 saturated carbocycles. The van der Waals surface area contributed by atoms with E-state index in [9.17, 15) is 4.79 Å². The average molecular weight is 136 g/mol. The van der Waals surface area contributed by atoms with Crippen LogP contribution in [0.4, 0.5) is 5.69 Å². The molecule has 52 valence electrons. The molecule has 3 heteroatoms. The van der Waals surface area contributed by atoms with Crippen molar-refractivity contribution in [2.75, 3.05) is 5.01 Å². The van der Waals surface area contributed by atoms with Crippen LogP contribution >= 0.6 is 0 Å². The van der Waals surface area contributed by atoms with E-state index in [0.29, 0.717) is 12.1 Å². The Bertz CT molecular complexity index is 210. The van der Waals surface area contributed by atoms with Crippen LogP contribution in [0.15, 0.2) is 30.3 Å². The molecule has 0 aromatic heterocycles. The third-order valence-electron chi connectivity index (χ3n) is 1.17. The normalized spacial score (nSPS) is 8.90. The number of hydrazine groups is 1. The molecule has 0 spiro atoms. The van der Waals surface area contributed by atoms with E-state index in [1.54, 1.807) is 12.1 Å². The second-order valence-electron chi connectivity index (χ2n) is 1.85. The SMILES string of the molecule is NN(C=O)c1ccccc1. The fraction of sp³-hybridized carbons (Fsp3) is 0. The summed E-state index contributed by atoms with van der Waals surface area (Å²) in [5, 5.41) is 1.03. The fourth-order valence-corrected chi connectivity index (χ4v) is 0.661. The zero-order valence-corrected chi connectivity index (χ0v) is 5.40. The van der Waals surface area contributed by atoms with Crippen LogP contribution in [0.2, 0.25) is 0 Å². The Labute approximate surface area is 59.0 Å². The first kappa shape index (κ1) is 6.77. The van der Waals surface area contributed by atoms with Crippen molar-refractivity contribution < 1.29 is 4.79 Å². The number of carbonyl (C=O) groups is 1. The lowest BCUT2D eigenvalue weighted by molar-refractivity contribution is -0.107. The molecule has 10 heavy (non-hydrogen) atoms. The van der Waals surface area contributed by atoms with E-state index in [4.69, 9.17) is 5.84 Å². The van der Waals surface area contributed by atoms with E-state index in [1.165, 1.54) is 0 Å². The van der Waals surface area contributed by atoms with Gasteiger partial charge in [0.05, 0.1) is 5.69 Å². The zero-order chi connectivity index (χ0) is 7.40. The number of para-hydroxylation sites is 1. The van der Waals surface area contributed by atoms with Gasteiger partial charge >= 0.3 is 0 Å². The molecule has 1 aromatic carbocycles. The van der Waals surface area contributed by atoms with Crippen molar-refractivity contribution in [3.05, 3.63) is 30.3 Å². The molecule has 0 unspecified atom stereocenters. The second-order valence-corrected chi connectivity index (χ2v) is 1.85. The maximum atomic E-state index is 10.1. The average Bonchev–Trinajstić information content (AvgIpc) is 2.05. The van der Waals surface area contributed by atoms with Gasteiger partial charge in [0.2, 0.25) is 6.41 Å². The van der Waals surface area contributed by atoms with Gasteiger partial charge in [-0.2, -0.15) is 0 Å². The van der Waals surface area contributed by atoms with Crippen molar-refractivity contribution in [2.24, 2.45) is 5.84 Å². The third-order valence-corrected chi connectivity index (χ3v) is 1.17. The van der Waals surface area contributed by atoms with Gasteiger partial charge in [0.25, 0.3) is 0 Å². The van der Waals surface area contributed by atoms with Crippen LogP contribution in [0.5, 0.6) is 0 Å². The number of benzene rings is 1. The smallest absolute Gasteiger partial charge is 0.228 e. The quantitative estimate of drug-likeness (QED) is 0.279. The Morgan fingerprint density at radius 2 is 1.90 bits per heavy atom. The maximum Gasteiger partial charge on any atom is 0.228 e. The number of anilines is 1. The van der Waals surface area contributed by atoms with E-state index >= 15 is 0 Å². The van der Waals surface area contributed by atoms with E-state index in [1.807, 2.05) is 18.2 Å². The molecule has 1 aromatic rings. The topological polar surface area (TPSA) is 46.3 Å². The molecule has 0 heterocycles. The molecule has 3 nitrogen and oxygen atoms in total. The monoisotopic (exact) mass is 136 g/mol. The summed E-state index contributed by atoms with van der Waals surface area (Å²) < 4.78 is 0. The van der Waals surface area contributed by atoms with Gasteiger partial charge in [-0.15, -0.1) is 0 Å². The lowest BCUT2D eigenvalue weighted by Gasteiger charge is -2.07. The Morgan fingerprint density at radius 3 is 2.40 bits per heavy atom. The van der Waals surface area contributed by atoms with Gasteiger partial charge in [-0.1, -0.05) is 18.2 Å². The number of carbonyl (C=O) groups excluding carboxylic acids is 1. The molecule has 0 aliphatic heterocycles. The lowest BCUT2D eigenvalue weighted by Crippen LogP contribution is -2.28. The van der Waals surface area contributed by atoms with Crippen LogP contribution in [0, 0.1) is 0 Å². The lowest BCUT2D eigenvalue weighted by atomic mass is 10.3. The zero-order valence-electron chi connectivity index (χ0n) is 5.40. The number of hydrogen-bond donors (Lipinski definition) is 1. The summed E-state index contributed by atoms with van der Waals surface area (Å²) in [4.78, 5) is 10.1. The Hall–Kier alpha value is -1.35. The molecule has 1 amide bonds. The summed E-state index contributed by atoms with van der Waals surface area (Å²) in [5.41, 5.74) is 0.692. The summed E-state index contributed by atoms with van der Waals surface area (Å²) in [6, 6.07) is 9.02. The number of nitrogens with zero attached hydrogens (tertiary/aromatic N) is 1. The molecular formula is C7H8N2O. The largest absolute Gasteiger partial charge is 0.277 e. The Balaban J connectivity index is 2.84. The summed E-state index contributed by atoms with van der Waals surface area (Å²) in [7, 11) is 0. The molecule has 0 saturated heterocycles. The molecule has 0 aliphatic rings. The van der Waals surface area contributed by atoms with Crippen molar-refractivity contribution in [2.45, 2.75) is 0 Å². The molecule has 2 N–H and O–H groups in total. The molecular weight excluding hydrogens is 128 g/mol. The summed E-state index contributed by atoms with van der Waals surface area (Å²) in [6.45, 7) is 0. The van der Waals surface area contributed by atoms with Crippen LogP contribution in [0.1, 0.15) is 0 Å². The second kappa shape index (κ2) is 2.98. The van der Waals surface area contributed by atoms with Crippen LogP contribution in [-0.2, 0) is 4.79 Å². The van der Waals surface area contributed by atoms with E-state index < -0.39 is 0 Å². The van der Waals surface area contributed by atoms with Gasteiger partial charge in [0.1, 0.15) is 0 Å². The van der Waals surface area contributed by atoms with Gasteiger partial charge in [-0.3, -0.25) is 9.80 Å². The van der Waals surface area contributed by atoms with Crippen molar-refractivity contribution in [1.82, 2.24) is 0 Å². The minimum absolute atomic E-state index is 0.565. The van der Waals surface area contributed by atoms with Crippen molar-refractivity contribution in [3.63, 3.8) is 0 Å². The van der Waals surface area contributed by atoms with Crippen molar-refractivity contribution in [1.29, 1.82) is 0 Å². The highest BCUT2D eigenvalue weighted by atomic mass is 16.1. The van der Waals surface area contributed by atoms with E-state index in [2.05, 4.69) is 0 Å². The van der Waals surface area contributed by atoms with Gasteiger partial charge < -0.3 is 0 Å². The Kier molecular flexibility index (Phi) is 2.02. The molecule has 0 radical (unpaired) electrons. The van der Waals surface area contributed by atoms with Gasteiger partial charge in [0.15, 0.2) is 0 Å². The van der Waals surface area contributed by atoms with Gasteiger partial charge in [0, 0.05) is 0 Å². The Morgan fingerprint density at radius 1 is 1.30 bits per heavy atom. The first-order valence-corrected chi connectivity index (χ1v) is 2.89. The number of amides is 1. The molecule has 1 rings (SSSR count). The number of rotatable bonds is 2. The molecule has 0 fully saturated rings. The maximum absolute atomic E-state index is 10.1. The highest BCUT2D eigenvalue weighted by molar-refractivity contribution is 5.72. The summed E-state index contributed by atoms with van der Waals surface area (Å²) >= 11 is 0. The number of hydrogen-bond acceptors (Lipinski definition) is 2. The first-order chi connectivity index (χ1) is 4.84. The standard InChI is InChI=1S/C7H8N2O/c8-9(6-10)7-4-2-1-3-5-7/h1-6H,8H2. The summed E-state index contributed by atoms with van der Waals surface area (Å²) in [5.74, 6) is 5.26. The van der Waals surface area contributed by atoms with Crippen molar-refractivity contribution >= 4 is 12.1 Å². The third kappa shape index (κ3) is 1.33. The van der Waals surface area contributed by atoms with Gasteiger partial charge in [-0.05, 0) is 12.1 Å². The van der Waals surface area contributed by atoms with Crippen LogP contribution in [-0.4, -0.2) is 6.41 Å². The first-order valence-electron chi connectivity index (χ1n) is 2.89. The number of nitrogens with two attached hydrogens (primary N) is 1. The summed E-state index contributed by atoms with van der Waals surface area (Å²) in [6.07, 6.45) is 0.565. The highest BCUT2D eigenvalue weighted by Crippen LogP contribution is 2.06. The van der Waals surface area contributed by atoms with E-state index in [-0.39, 0.29) is 0 Å². The predicted molar refractivity (Wildman–Crippen MR) is 39.2 cm³/mol. The minimum atomic E-state index is 0.565. The molecule has 0 bridgehead atoms. The highest BCUT2D eigenvalue weighted by Gasteiger charge is 1.94. The van der Waals surface area contributed by atoms with Crippen LogP contribution in [0.25, 0.3) is 0 Å². The predicted octanol–water partition coefficient (Wildman–Crippen LogP) is 0.523. The van der Waals surface area contributed by atoms with Crippen LogP contribution < -0.4 is 10.9 Å². The van der Waals surface area contributed by atoms with E-state index in [0.717, 1.165) is 5.01 Å². The minimum Gasteiger partial charge on any atom is -0.277 e. The van der Waals surface area contributed by atoms with Crippen molar-refractivity contribution in [3.8, 4) is 0 Å². The molecule has 0 aliphatic carbocycles.